The van der Waals surface area contributed by atoms with E-state index in [1.165, 1.54) is 0 Å². The molecule has 0 unspecified atom stereocenters. The van der Waals surface area contributed by atoms with Crippen molar-refractivity contribution in [2.45, 2.75) is 18.9 Å². The van der Waals surface area contributed by atoms with Gasteiger partial charge in [-0.25, -0.2) is 0 Å². The van der Waals surface area contributed by atoms with Crippen LogP contribution in [-0.4, -0.2) is 38.6 Å². The van der Waals surface area contributed by atoms with Crippen molar-refractivity contribution in [1.82, 2.24) is 19.6 Å². The predicted molar refractivity (Wildman–Crippen MR) is 86.0 cm³/mol. The minimum absolute atomic E-state index is 0.130. The minimum atomic E-state index is 0.130. The zero-order valence-corrected chi connectivity index (χ0v) is 13.3. The van der Waals surface area contributed by atoms with Gasteiger partial charge in [-0.3, -0.25) is 4.79 Å². The molecule has 0 radical (unpaired) electrons. The van der Waals surface area contributed by atoms with Crippen molar-refractivity contribution in [1.29, 1.82) is 0 Å². The summed E-state index contributed by atoms with van der Waals surface area (Å²) < 4.78 is 7.23. The third-order valence-corrected chi connectivity index (χ3v) is 4.78. The highest BCUT2D eigenvalue weighted by molar-refractivity contribution is 7.08. The quantitative estimate of drug-likeness (QED) is 0.738. The van der Waals surface area contributed by atoms with Crippen LogP contribution in [0.4, 0.5) is 0 Å². The first-order chi connectivity index (χ1) is 11.3. The summed E-state index contributed by atoms with van der Waals surface area (Å²) in [6.07, 6.45) is 4.68. The van der Waals surface area contributed by atoms with Gasteiger partial charge in [0.15, 0.2) is 5.82 Å². The van der Waals surface area contributed by atoms with Crippen LogP contribution in [0.3, 0.4) is 0 Å². The predicted octanol–water partition coefficient (Wildman–Crippen LogP) is 2.62. The fourth-order valence-electron chi connectivity index (χ4n) is 2.83. The van der Waals surface area contributed by atoms with E-state index in [1.54, 1.807) is 11.3 Å². The summed E-state index contributed by atoms with van der Waals surface area (Å²) in [6.45, 7) is 1.78. The average molecular weight is 328 g/mol. The maximum Gasteiger partial charge on any atom is 0.258 e. The topological polar surface area (TPSA) is 64.2 Å². The Morgan fingerprint density at radius 1 is 1.39 bits per heavy atom. The number of aromatic nitrogens is 3. The molecule has 4 heterocycles. The number of likely N-dealkylation sites (tertiary alicyclic amines) is 1. The van der Waals surface area contributed by atoms with Crippen LogP contribution in [0.15, 0.2) is 45.9 Å². The van der Waals surface area contributed by atoms with Gasteiger partial charge in [-0.2, -0.15) is 16.3 Å². The van der Waals surface area contributed by atoms with Gasteiger partial charge in [0.05, 0.1) is 5.56 Å². The van der Waals surface area contributed by atoms with Crippen LogP contribution in [0.2, 0.25) is 0 Å². The molecule has 1 amide bonds. The molecule has 0 saturated carbocycles. The molecule has 0 bridgehead atoms. The zero-order chi connectivity index (χ0) is 15.6. The molecule has 1 aliphatic heterocycles. The Balaban J connectivity index is 1.41. The highest BCUT2D eigenvalue weighted by atomic mass is 32.1. The first-order valence-corrected chi connectivity index (χ1v) is 8.48. The van der Waals surface area contributed by atoms with Gasteiger partial charge in [0, 0.05) is 36.8 Å². The summed E-state index contributed by atoms with van der Waals surface area (Å²) in [7, 11) is 0. The molecule has 3 aromatic rings. The molecule has 0 spiro atoms. The first-order valence-electron chi connectivity index (χ1n) is 7.54. The molecule has 118 valence electrons. The van der Waals surface area contributed by atoms with Crippen LogP contribution in [-0.2, 0) is 11.3 Å². The number of hydrogen-bond acceptors (Lipinski definition) is 5. The van der Waals surface area contributed by atoms with Gasteiger partial charge >= 0.3 is 0 Å². The normalized spacial score (nSPS) is 17.7. The van der Waals surface area contributed by atoms with Gasteiger partial charge in [-0.1, -0.05) is 5.16 Å². The Bertz CT molecular complexity index is 779. The van der Waals surface area contributed by atoms with Crippen LogP contribution in [0.1, 0.15) is 18.2 Å². The maximum absolute atomic E-state index is 12.3. The van der Waals surface area contributed by atoms with E-state index >= 15 is 0 Å². The number of carbonyl (C=O) groups is 1. The van der Waals surface area contributed by atoms with E-state index in [9.17, 15) is 4.79 Å². The Morgan fingerprint density at radius 2 is 2.26 bits per heavy atom. The highest BCUT2D eigenvalue weighted by Gasteiger charge is 2.30. The van der Waals surface area contributed by atoms with Gasteiger partial charge < -0.3 is 14.0 Å². The lowest BCUT2D eigenvalue weighted by Gasteiger charge is -2.16. The van der Waals surface area contributed by atoms with E-state index in [4.69, 9.17) is 4.52 Å². The first kappa shape index (κ1) is 14.2. The molecule has 7 heteroatoms. The molecule has 0 aliphatic carbocycles. The van der Waals surface area contributed by atoms with E-state index in [2.05, 4.69) is 10.1 Å². The summed E-state index contributed by atoms with van der Waals surface area (Å²) in [6, 6.07) is 5.81. The Morgan fingerprint density at radius 3 is 3.04 bits per heavy atom. The third-order valence-electron chi connectivity index (χ3n) is 4.10. The number of carbonyl (C=O) groups excluding carboxylic acids is 1. The molecule has 4 rings (SSSR count). The van der Waals surface area contributed by atoms with Gasteiger partial charge in [-0.15, -0.1) is 0 Å². The Kier molecular flexibility index (Phi) is 3.70. The van der Waals surface area contributed by atoms with Crippen LogP contribution in [0, 0.1) is 0 Å². The van der Waals surface area contributed by atoms with Crippen molar-refractivity contribution in [3.8, 4) is 11.5 Å². The second kappa shape index (κ2) is 6.00. The maximum atomic E-state index is 12.3. The van der Waals surface area contributed by atoms with E-state index in [0.29, 0.717) is 24.8 Å². The number of nitrogens with zero attached hydrogens (tertiary/aromatic N) is 4. The molecule has 1 saturated heterocycles. The molecule has 0 N–H and O–H groups in total. The van der Waals surface area contributed by atoms with Crippen molar-refractivity contribution >= 4 is 17.2 Å². The number of hydrogen-bond donors (Lipinski definition) is 0. The number of thiophene rings is 1. The molecule has 23 heavy (non-hydrogen) atoms. The number of rotatable bonds is 4. The summed E-state index contributed by atoms with van der Waals surface area (Å²) in [5.41, 5.74) is 0.951. The molecule has 1 aliphatic rings. The summed E-state index contributed by atoms with van der Waals surface area (Å²) in [4.78, 5) is 18.7. The smallest absolute Gasteiger partial charge is 0.258 e. The average Bonchev–Trinajstić information content (AvgIpc) is 3.30. The van der Waals surface area contributed by atoms with Gasteiger partial charge in [-0.05, 0) is 30.0 Å². The second-order valence-corrected chi connectivity index (χ2v) is 6.43. The number of amides is 1. The Labute approximate surface area is 137 Å². The third kappa shape index (κ3) is 2.92. The molecule has 1 atom stereocenters. The Hall–Kier alpha value is -2.41. The van der Waals surface area contributed by atoms with Crippen molar-refractivity contribution in [2.75, 3.05) is 13.1 Å². The van der Waals surface area contributed by atoms with Crippen molar-refractivity contribution < 1.29 is 9.32 Å². The van der Waals surface area contributed by atoms with Crippen molar-refractivity contribution in [3.05, 3.63) is 47.2 Å². The van der Waals surface area contributed by atoms with Crippen LogP contribution >= 0.6 is 11.3 Å². The van der Waals surface area contributed by atoms with Gasteiger partial charge in [0.1, 0.15) is 6.54 Å². The lowest BCUT2D eigenvalue weighted by atomic mass is 10.1. The van der Waals surface area contributed by atoms with Crippen LogP contribution in [0.5, 0.6) is 0 Å². The highest BCUT2D eigenvalue weighted by Crippen LogP contribution is 2.28. The molecular formula is C16H16N4O2S. The summed E-state index contributed by atoms with van der Waals surface area (Å²) in [5.74, 6) is 1.53. The lowest BCUT2D eigenvalue weighted by molar-refractivity contribution is -0.130. The minimum Gasteiger partial charge on any atom is -0.345 e. The second-order valence-electron chi connectivity index (χ2n) is 5.65. The summed E-state index contributed by atoms with van der Waals surface area (Å²) in [5, 5.41) is 8.07. The van der Waals surface area contributed by atoms with E-state index in [-0.39, 0.29) is 11.8 Å². The fourth-order valence-corrected chi connectivity index (χ4v) is 3.46. The van der Waals surface area contributed by atoms with E-state index < -0.39 is 0 Å². The molecule has 3 aromatic heterocycles. The monoisotopic (exact) mass is 328 g/mol. The van der Waals surface area contributed by atoms with Gasteiger partial charge in [0.2, 0.25) is 5.91 Å². The van der Waals surface area contributed by atoms with E-state index in [0.717, 1.165) is 18.5 Å². The summed E-state index contributed by atoms with van der Waals surface area (Å²) >= 11 is 1.60. The zero-order valence-electron chi connectivity index (χ0n) is 12.5. The molecule has 1 fully saturated rings. The van der Waals surface area contributed by atoms with Crippen LogP contribution in [0.25, 0.3) is 11.5 Å². The van der Waals surface area contributed by atoms with E-state index in [1.807, 2.05) is 50.8 Å². The van der Waals surface area contributed by atoms with Gasteiger partial charge in [0.25, 0.3) is 5.89 Å². The standard InChI is InChI=1S/C16H16N4O2S/c21-14(10-19-5-1-2-6-19)20-7-3-12(9-20)15-17-16(22-18-15)13-4-8-23-11-13/h1-2,4-6,8,11-12H,3,7,9-10H2/t12-/m0/s1. The van der Waals surface area contributed by atoms with Crippen molar-refractivity contribution in [3.63, 3.8) is 0 Å². The molecule has 6 nitrogen and oxygen atoms in total. The molecule has 0 aromatic carbocycles. The largest absolute Gasteiger partial charge is 0.345 e. The fraction of sp³-hybridized carbons (Fsp3) is 0.312. The SMILES string of the molecule is O=C(Cn1cccc1)N1CC[C@H](c2noc(-c3ccsc3)n2)C1. The molecular weight excluding hydrogens is 312 g/mol. The lowest BCUT2D eigenvalue weighted by Crippen LogP contribution is -2.31. The van der Waals surface area contributed by atoms with Crippen molar-refractivity contribution in [2.24, 2.45) is 0 Å². The van der Waals surface area contributed by atoms with Crippen LogP contribution < -0.4 is 0 Å².